The number of carbonyl (C=O) groups excluding carboxylic acids is 1. The molecule has 0 aliphatic carbocycles. The van der Waals surface area contributed by atoms with E-state index < -0.39 is 23.2 Å². The Morgan fingerprint density at radius 2 is 2.00 bits per heavy atom. The van der Waals surface area contributed by atoms with E-state index >= 15 is 0 Å². The van der Waals surface area contributed by atoms with E-state index in [1.54, 1.807) is 0 Å². The molecule has 102 valence electrons. The summed E-state index contributed by atoms with van der Waals surface area (Å²) in [7, 11) is 0. The molecule has 1 heterocycles. The Hall–Kier alpha value is -2.19. The lowest BCUT2D eigenvalue weighted by molar-refractivity contribution is -0.384. The van der Waals surface area contributed by atoms with E-state index in [1.165, 1.54) is 29.2 Å². The van der Waals surface area contributed by atoms with E-state index in [2.05, 4.69) is 5.32 Å². The zero-order valence-electron chi connectivity index (χ0n) is 9.89. The summed E-state index contributed by atoms with van der Waals surface area (Å²) in [6, 6.07) is 5.02. The van der Waals surface area contributed by atoms with Crippen molar-refractivity contribution in [3.05, 3.63) is 34.4 Å². The molecule has 19 heavy (non-hydrogen) atoms. The first-order chi connectivity index (χ1) is 8.97. The molecule has 2 amide bonds. The fourth-order valence-electron chi connectivity index (χ4n) is 1.84. The van der Waals surface area contributed by atoms with Crippen LogP contribution < -0.4 is 5.32 Å². The lowest BCUT2D eigenvalue weighted by atomic mass is 10.3. The minimum Gasteiger partial charge on any atom is -0.388 e. The van der Waals surface area contributed by atoms with Crippen LogP contribution >= 0.6 is 0 Å². The van der Waals surface area contributed by atoms with Crippen molar-refractivity contribution in [3.8, 4) is 0 Å². The van der Waals surface area contributed by atoms with Crippen LogP contribution in [0.5, 0.6) is 0 Å². The third-order valence-electron chi connectivity index (χ3n) is 2.85. The molecule has 1 aromatic carbocycles. The topological polar surface area (TPSA) is 116 Å². The molecule has 1 aliphatic rings. The first-order valence-electron chi connectivity index (χ1n) is 5.64. The second kappa shape index (κ2) is 5.21. The number of likely N-dealkylation sites (tertiary alicyclic amines) is 1. The molecule has 0 bridgehead atoms. The highest BCUT2D eigenvalue weighted by Gasteiger charge is 2.32. The Bertz CT molecular complexity index is 497. The Labute approximate surface area is 108 Å². The van der Waals surface area contributed by atoms with Crippen molar-refractivity contribution in [2.75, 3.05) is 18.4 Å². The van der Waals surface area contributed by atoms with Crippen LogP contribution in [-0.4, -0.2) is 51.4 Å². The summed E-state index contributed by atoms with van der Waals surface area (Å²) >= 11 is 0. The lowest BCUT2D eigenvalue weighted by Crippen LogP contribution is -2.33. The van der Waals surface area contributed by atoms with Crippen molar-refractivity contribution >= 4 is 17.4 Å². The lowest BCUT2D eigenvalue weighted by Gasteiger charge is -2.16. The second-order valence-corrected chi connectivity index (χ2v) is 4.28. The predicted molar refractivity (Wildman–Crippen MR) is 65.7 cm³/mol. The Kier molecular flexibility index (Phi) is 3.63. The van der Waals surface area contributed by atoms with Gasteiger partial charge in [0, 0.05) is 17.8 Å². The van der Waals surface area contributed by atoms with Gasteiger partial charge in [0.1, 0.15) is 0 Å². The molecule has 8 heteroatoms. The Morgan fingerprint density at radius 1 is 1.37 bits per heavy atom. The van der Waals surface area contributed by atoms with Gasteiger partial charge in [-0.3, -0.25) is 10.1 Å². The first kappa shape index (κ1) is 13.2. The molecule has 8 nitrogen and oxygen atoms in total. The normalized spacial score (nSPS) is 22.3. The van der Waals surface area contributed by atoms with Gasteiger partial charge in [0.05, 0.1) is 30.2 Å². The monoisotopic (exact) mass is 267 g/mol. The molecule has 1 aromatic rings. The molecular weight excluding hydrogens is 254 g/mol. The van der Waals surface area contributed by atoms with Gasteiger partial charge in [-0.25, -0.2) is 4.79 Å². The first-order valence-corrected chi connectivity index (χ1v) is 5.64. The number of rotatable bonds is 2. The molecule has 1 fully saturated rings. The van der Waals surface area contributed by atoms with E-state index in [0.29, 0.717) is 0 Å². The average Bonchev–Trinajstić information content (AvgIpc) is 2.70. The van der Waals surface area contributed by atoms with Crippen LogP contribution in [0.3, 0.4) is 0 Å². The highest BCUT2D eigenvalue weighted by molar-refractivity contribution is 5.89. The van der Waals surface area contributed by atoms with Gasteiger partial charge in [0.2, 0.25) is 0 Å². The zero-order valence-corrected chi connectivity index (χ0v) is 9.89. The van der Waals surface area contributed by atoms with Gasteiger partial charge >= 0.3 is 6.03 Å². The van der Waals surface area contributed by atoms with Gasteiger partial charge in [-0.2, -0.15) is 0 Å². The van der Waals surface area contributed by atoms with Crippen LogP contribution in [-0.2, 0) is 0 Å². The molecule has 0 saturated carbocycles. The van der Waals surface area contributed by atoms with Gasteiger partial charge in [-0.05, 0) is 6.07 Å². The number of nitrogens with zero attached hydrogens (tertiary/aromatic N) is 2. The van der Waals surface area contributed by atoms with E-state index in [-0.39, 0.29) is 24.5 Å². The van der Waals surface area contributed by atoms with Crippen molar-refractivity contribution < 1.29 is 19.9 Å². The highest BCUT2D eigenvalue weighted by Crippen LogP contribution is 2.18. The van der Waals surface area contributed by atoms with Crippen molar-refractivity contribution in [2.24, 2.45) is 0 Å². The van der Waals surface area contributed by atoms with Crippen molar-refractivity contribution in [3.63, 3.8) is 0 Å². The number of hydrogen-bond acceptors (Lipinski definition) is 5. The molecule has 1 aliphatic heterocycles. The van der Waals surface area contributed by atoms with Gasteiger partial charge < -0.3 is 20.4 Å². The maximum absolute atomic E-state index is 11.8. The summed E-state index contributed by atoms with van der Waals surface area (Å²) in [5.41, 5.74) is 0.161. The molecule has 2 rings (SSSR count). The van der Waals surface area contributed by atoms with E-state index in [4.69, 9.17) is 0 Å². The smallest absolute Gasteiger partial charge is 0.322 e. The fraction of sp³-hybridized carbons (Fsp3) is 0.364. The SMILES string of the molecule is O=C(Nc1cccc([N+](=O)[O-])c1)N1CC(O)C(O)C1. The minimum atomic E-state index is -0.962. The maximum atomic E-state index is 11.8. The summed E-state index contributed by atoms with van der Waals surface area (Å²) < 4.78 is 0. The number of hydrogen-bond donors (Lipinski definition) is 3. The summed E-state index contributed by atoms with van der Waals surface area (Å²) in [5, 5.41) is 31.8. The van der Waals surface area contributed by atoms with Gasteiger partial charge in [0.25, 0.3) is 5.69 Å². The summed E-state index contributed by atoms with van der Waals surface area (Å²) in [4.78, 5) is 23.1. The number of aliphatic hydroxyl groups excluding tert-OH is 2. The van der Waals surface area contributed by atoms with Crippen molar-refractivity contribution in [2.45, 2.75) is 12.2 Å². The second-order valence-electron chi connectivity index (χ2n) is 4.28. The van der Waals surface area contributed by atoms with Crippen LogP contribution in [0.1, 0.15) is 0 Å². The summed E-state index contributed by atoms with van der Waals surface area (Å²) in [6.07, 6.45) is -1.92. The van der Waals surface area contributed by atoms with E-state index in [9.17, 15) is 25.1 Å². The molecule has 3 N–H and O–H groups in total. The number of anilines is 1. The third kappa shape index (κ3) is 2.98. The number of carbonyl (C=O) groups is 1. The fourth-order valence-corrected chi connectivity index (χ4v) is 1.84. The van der Waals surface area contributed by atoms with Crippen LogP contribution in [0.2, 0.25) is 0 Å². The molecule has 0 radical (unpaired) electrons. The number of nitro groups is 1. The number of non-ortho nitro benzene ring substituents is 1. The van der Waals surface area contributed by atoms with Gasteiger partial charge in [-0.15, -0.1) is 0 Å². The molecular formula is C11H13N3O5. The number of β-amino-alcohol motifs (C(OH)–C–C–N with tert-alkyl or cyclic N) is 2. The number of nitrogens with one attached hydrogen (secondary N) is 1. The van der Waals surface area contributed by atoms with Crippen molar-refractivity contribution in [1.29, 1.82) is 0 Å². The van der Waals surface area contributed by atoms with Crippen LogP contribution in [0.4, 0.5) is 16.2 Å². The number of benzene rings is 1. The van der Waals surface area contributed by atoms with Crippen molar-refractivity contribution in [1.82, 2.24) is 4.90 Å². The highest BCUT2D eigenvalue weighted by atomic mass is 16.6. The molecule has 2 atom stereocenters. The van der Waals surface area contributed by atoms with E-state index in [1.807, 2.05) is 0 Å². The van der Waals surface area contributed by atoms with Crippen LogP contribution in [0.15, 0.2) is 24.3 Å². The summed E-state index contributed by atoms with van der Waals surface area (Å²) in [5.74, 6) is 0. The van der Waals surface area contributed by atoms with Gasteiger partial charge in [0.15, 0.2) is 0 Å². The molecule has 2 unspecified atom stereocenters. The number of amides is 2. The minimum absolute atomic E-state index is 0.0297. The van der Waals surface area contributed by atoms with Gasteiger partial charge in [-0.1, -0.05) is 6.07 Å². The maximum Gasteiger partial charge on any atom is 0.322 e. The number of nitro benzene ring substituents is 1. The average molecular weight is 267 g/mol. The van der Waals surface area contributed by atoms with Crippen LogP contribution in [0.25, 0.3) is 0 Å². The largest absolute Gasteiger partial charge is 0.388 e. The standard InChI is InChI=1S/C11H13N3O5/c15-9-5-13(6-10(9)16)11(17)12-7-2-1-3-8(4-7)14(18)19/h1-4,9-10,15-16H,5-6H2,(H,12,17). The molecule has 1 saturated heterocycles. The Balaban J connectivity index is 2.03. The third-order valence-corrected chi connectivity index (χ3v) is 2.85. The molecule has 0 aromatic heterocycles. The predicted octanol–water partition coefficient (Wildman–Crippen LogP) is 0.164. The quantitative estimate of drug-likeness (QED) is 0.521. The molecule has 0 spiro atoms. The summed E-state index contributed by atoms with van der Waals surface area (Å²) in [6.45, 7) is 0.0594. The number of urea groups is 1. The zero-order chi connectivity index (χ0) is 14.0. The Morgan fingerprint density at radius 3 is 2.58 bits per heavy atom. The van der Waals surface area contributed by atoms with E-state index in [0.717, 1.165) is 0 Å². The van der Waals surface area contributed by atoms with Crippen LogP contribution in [0, 0.1) is 10.1 Å². The number of aliphatic hydroxyl groups is 2.